The fraction of sp³-hybridized carbons (Fsp3) is 0.357. The van der Waals surface area contributed by atoms with Crippen molar-refractivity contribution in [2.45, 2.75) is 18.9 Å². The molecule has 1 fully saturated rings. The molecule has 5 heteroatoms. The number of rotatable bonds is 2. The predicted molar refractivity (Wildman–Crippen MR) is 72.2 cm³/mol. The van der Waals surface area contributed by atoms with Crippen LogP contribution in [0.2, 0.25) is 0 Å². The Morgan fingerprint density at radius 1 is 1.37 bits per heavy atom. The number of carbonyl (C=O) groups excluding carboxylic acids is 1. The molecule has 2 heterocycles. The van der Waals surface area contributed by atoms with Crippen LogP contribution in [0, 0.1) is 0 Å². The lowest BCUT2D eigenvalue weighted by atomic mass is 10.0. The molecule has 3 rings (SSSR count). The van der Waals surface area contributed by atoms with Crippen LogP contribution in [0.1, 0.15) is 13.3 Å². The van der Waals surface area contributed by atoms with E-state index in [2.05, 4.69) is 10.6 Å². The smallest absolute Gasteiger partial charge is 0.319 e. The normalized spacial score (nSPS) is 22.6. The number of anilines is 1. The standard InChI is InChI=1S/C14H16N2O3/c1-14(5-7-18-9-14)16-13(17)15-11-3-2-10-4-6-19-12(10)8-11/h2-4,6,8H,5,7,9H2,1H3,(H2,15,16,17). The molecule has 1 unspecified atom stereocenters. The molecular weight excluding hydrogens is 244 g/mol. The zero-order chi connectivity index (χ0) is 13.3. The van der Waals surface area contributed by atoms with Gasteiger partial charge >= 0.3 is 6.03 Å². The summed E-state index contributed by atoms with van der Waals surface area (Å²) in [4.78, 5) is 11.9. The summed E-state index contributed by atoms with van der Waals surface area (Å²) >= 11 is 0. The predicted octanol–water partition coefficient (Wildman–Crippen LogP) is 2.73. The first-order valence-corrected chi connectivity index (χ1v) is 6.29. The van der Waals surface area contributed by atoms with Crippen LogP contribution >= 0.6 is 0 Å². The molecule has 19 heavy (non-hydrogen) atoms. The lowest BCUT2D eigenvalue weighted by Crippen LogP contribution is -2.48. The van der Waals surface area contributed by atoms with Gasteiger partial charge in [-0.2, -0.15) is 0 Å². The molecule has 5 nitrogen and oxygen atoms in total. The second kappa shape index (κ2) is 4.59. The third-order valence-corrected chi connectivity index (χ3v) is 3.35. The molecule has 0 saturated carbocycles. The summed E-state index contributed by atoms with van der Waals surface area (Å²) in [6.45, 7) is 3.22. The van der Waals surface area contributed by atoms with Crippen molar-refractivity contribution in [3.63, 3.8) is 0 Å². The molecule has 1 aliphatic rings. The Morgan fingerprint density at radius 3 is 3.05 bits per heavy atom. The van der Waals surface area contributed by atoms with Crippen LogP contribution in [-0.2, 0) is 4.74 Å². The summed E-state index contributed by atoms with van der Waals surface area (Å²) in [5.74, 6) is 0. The number of amides is 2. The summed E-state index contributed by atoms with van der Waals surface area (Å²) in [7, 11) is 0. The van der Waals surface area contributed by atoms with Crippen molar-refractivity contribution in [2.75, 3.05) is 18.5 Å². The molecule has 2 amide bonds. The van der Waals surface area contributed by atoms with Crippen molar-refractivity contribution in [1.29, 1.82) is 0 Å². The van der Waals surface area contributed by atoms with Gasteiger partial charge in [0.15, 0.2) is 0 Å². The Kier molecular flexibility index (Phi) is 2.91. The van der Waals surface area contributed by atoms with Crippen molar-refractivity contribution in [1.82, 2.24) is 5.32 Å². The van der Waals surface area contributed by atoms with E-state index in [1.54, 1.807) is 6.26 Å². The molecule has 1 atom stereocenters. The summed E-state index contributed by atoms with van der Waals surface area (Å²) in [6.07, 6.45) is 2.46. The Balaban J connectivity index is 1.68. The van der Waals surface area contributed by atoms with Gasteiger partial charge in [-0.15, -0.1) is 0 Å². The number of nitrogens with one attached hydrogen (secondary N) is 2. The first-order chi connectivity index (χ1) is 9.15. The zero-order valence-corrected chi connectivity index (χ0v) is 10.7. The van der Waals surface area contributed by atoms with E-state index < -0.39 is 0 Å². The third kappa shape index (κ3) is 2.56. The third-order valence-electron chi connectivity index (χ3n) is 3.35. The molecule has 0 radical (unpaired) electrons. The maximum absolute atomic E-state index is 11.9. The number of hydrogen-bond donors (Lipinski definition) is 2. The lowest BCUT2D eigenvalue weighted by Gasteiger charge is -2.23. The van der Waals surface area contributed by atoms with Crippen LogP contribution in [0.5, 0.6) is 0 Å². The fourth-order valence-corrected chi connectivity index (χ4v) is 2.23. The highest BCUT2D eigenvalue weighted by atomic mass is 16.5. The van der Waals surface area contributed by atoms with Gasteiger partial charge in [-0.25, -0.2) is 4.79 Å². The van der Waals surface area contributed by atoms with Crippen molar-refractivity contribution >= 4 is 22.7 Å². The van der Waals surface area contributed by atoms with Gasteiger partial charge < -0.3 is 19.8 Å². The van der Waals surface area contributed by atoms with E-state index in [1.807, 2.05) is 31.2 Å². The SMILES string of the molecule is CC1(NC(=O)Nc2ccc3ccoc3c2)CCOC1. The van der Waals surface area contributed by atoms with E-state index >= 15 is 0 Å². The average molecular weight is 260 g/mol. The number of carbonyl (C=O) groups is 1. The number of fused-ring (bicyclic) bond motifs is 1. The van der Waals surface area contributed by atoms with Crippen LogP contribution in [-0.4, -0.2) is 24.8 Å². The van der Waals surface area contributed by atoms with E-state index in [9.17, 15) is 4.79 Å². The number of ether oxygens (including phenoxy) is 1. The highest BCUT2D eigenvalue weighted by Crippen LogP contribution is 2.21. The average Bonchev–Trinajstić information content (AvgIpc) is 2.97. The minimum absolute atomic E-state index is 0.223. The molecule has 0 bridgehead atoms. The largest absolute Gasteiger partial charge is 0.464 e. The van der Waals surface area contributed by atoms with Gasteiger partial charge in [0, 0.05) is 23.7 Å². The summed E-state index contributed by atoms with van der Waals surface area (Å²) in [6, 6.07) is 7.23. The minimum Gasteiger partial charge on any atom is -0.464 e. The monoisotopic (exact) mass is 260 g/mol. The van der Waals surface area contributed by atoms with Gasteiger partial charge in [0.2, 0.25) is 0 Å². The van der Waals surface area contributed by atoms with Crippen molar-refractivity contribution in [3.05, 3.63) is 30.5 Å². The summed E-state index contributed by atoms with van der Waals surface area (Å²) in [5, 5.41) is 6.77. The molecule has 1 aliphatic heterocycles. The molecular formula is C14H16N2O3. The quantitative estimate of drug-likeness (QED) is 0.872. The molecule has 100 valence electrons. The van der Waals surface area contributed by atoms with Crippen molar-refractivity contribution < 1.29 is 13.9 Å². The van der Waals surface area contributed by atoms with E-state index in [0.717, 1.165) is 17.4 Å². The minimum atomic E-state index is -0.279. The van der Waals surface area contributed by atoms with Crippen LogP contribution < -0.4 is 10.6 Å². The van der Waals surface area contributed by atoms with E-state index in [1.165, 1.54) is 0 Å². The maximum Gasteiger partial charge on any atom is 0.319 e. The molecule has 0 spiro atoms. The van der Waals surface area contributed by atoms with Crippen LogP contribution in [0.3, 0.4) is 0 Å². The molecule has 1 aromatic carbocycles. The van der Waals surface area contributed by atoms with E-state index in [-0.39, 0.29) is 11.6 Å². The molecule has 1 saturated heterocycles. The van der Waals surface area contributed by atoms with Gasteiger partial charge in [0.25, 0.3) is 0 Å². The molecule has 0 aliphatic carbocycles. The summed E-state index contributed by atoms with van der Waals surface area (Å²) in [5.41, 5.74) is 1.19. The Morgan fingerprint density at radius 2 is 2.26 bits per heavy atom. The van der Waals surface area contributed by atoms with Gasteiger partial charge in [-0.1, -0.05) is 0 Å². The Hall–Kier alpha value is -2.01. The van der Waals surface area contributed by atoms with Gasteiger partial charge in [-0.3, -0.25) is 0 Å². The van der Waals surface area contributed by atoms with Crippen LogP contribution in [0.4, 0.5) is 10.5 Å². The van der Waals surface area contributed by atoms with E-state index in [0.29, 0.717) is 18.9 Å². The molecule has 2 N–H and O–H groups in total. The van der Waals surface area contributed by atoms with Crippen molar-refractivity contribution in [2.24, 2.45) is 0 Å². The second-order valence-corrected chi connectivity index (χ2v) is 5.12. The van der Waals surface area contributed by atoms with Crippen LogP contribution in [0.25, 0.3) is 11.0 Å². The van der Waals surface area contributed by atoms with E-state index in [4.69, 9.17) is 9.15 Å². The number of hydrogen-bond acceptors (Lipinski definition) is 3. The Bertz CT molecular complexity index is 600. The second-order valence-electron chi connectivity index (χ2n) is 5.12. The number of benzene rings is 1. The van der Waals surface area contributed by atoms with Gasteiger partial charge in [0.05, 0.1) is 18.4 Å². The highest BCUT2D eigenvalue weighted by Gasteiger charge is 2.31. The summed E-state index contributed by atoms with van der Waals surface area (Å²) < 4.78 is 10.6. The van der Waals surface area contributed by atoms with Gasteiger partial charge in [-0.05, 0) is 31.5 Å². The van der Waals surface area contributed by atoms with Crippen molar-refractivity contribution in [3.8, 4) is 0 Å². The molecule has 1 aromatic heterocycles. The Labute approximate surface area is 110 Å². The molecule has 2 aromatic rings. The zero-order valence-electron chi connectivity index (χ0n) is 10.7. The number of furan rings is 1. The maximum atomic E-state index is 11.9. The number of urea groups is 1. The first-order valence-electron chi connectivity index (χ1n) is 6.29. The highest BCUT2D eigenvalue weighted by molar-refractivity contribution is 5.92. The topological polar surface area (TPSA) is 63.5 Å². The first kappa shape index (κ1) is 12.0. The lowest BCUT2D eigenvalue weighted by molar-refractivity contribution is 0.172. The van der Waals surface area contributed by atoms with Crippen LogP contribution in [0.15, 0.2) is 34.9 Å². The fourth-order valence-electron chi connectivity index (χ4n) is 2.23. The van der Waals surface area contributed by atoms with Gasteiger partial charge in [0.1, 0.15) is 5.58 Å².